The summed E-state index contributed by atoms with van der Waals surface area (Å²) in [7, 11) is 1.68. The second-order valence-electron chi connectivity index (χ2n) is 8.62. The van der Waals surface area contributed by atoms with Gasteiger partial charge >= 0.3 is 5.69 Å². The Morgan fingerprint density at radius 3 is 2.39 bits per heavy atom. The van der Waals surface area contributed by atoms with Crippen LogP contribution in [0.4, 0.5) is 11.6 Å². The van der Waals surface area contributed by atoms with E-state index in [1.165, 1.54) is 9.13 Å². The number of hydrogen-bond donors (Lipinski definition) is 0. The molecule has 0 fully saturated rings. The van der Waals surface area contributed by atoms with Crippen LogP contribution in [0.1, 0.15) is 20.3 Å². The minimum absolute atomic E-state index is 0.269. The fourth-order valence-electron chi connectivity index (χ4n) is 4.46. The van der Waals surface area contributed by atoms with Gasteiger partial charge in [0.2, 0.25) is 5.95 Å². The summed E-state index contributed by atoms with van der Waals surface area (Å²) >= 11 is 0. The van der Waals surface area contributed by atoms with Gasteiger partial charge in [0.05, 0.1) is 0 Å². The molecule has 0 spiro atoms. The van der Waals surface area contributed by atoms with Gasteiger partial charge in [-0.05, 0) is 48.7 Å². The molecule has 0 saturated heterocycles. The van der Waals surface area contributed by atoms with Gasteiger partial charge in [0.1, 0.15) is 11.5 Å². The lowest BCUT2D eigenvalue weighted by Crippen LogP contribution is -2.40. The predicted octanol–water partition coefficient (Wildman–Crippen LogP) is 3.89. The van der Waals surface area contributed by atoms with E-state index in [0.29, 0.717) is 42.5 Å². The molecule has 0 N–H and O–H groups in total. The van der Waals surface area contributed by atoms with E-state index in [4.69, 9.17) is 9.72 Å². The Morgan fingerprint density at radius 1 is 1.00 bits per heavy atom. The molecule has 3 heterocycles. The molecule has 0 aliphatic carbocycles. The number of benzene rings is 2. The van der Waals surface area contributed by atoms with Gasteiger partial charge in [-0.3, -0.25) is 13.9 Å². The number of rotatable bonds is 5. The molecule has 8 heteroatoms. The van der Waals surface area contributed by atoms with Crippen LogP contribution in [0.5, 0.6) is 11.5 Å². The molecule has 0 radical (unpaired) electrons. The number of fused-ring (bicyclic) bond motifs is 3. The molecule has 2 aromatic heterocycles. The average molecular weight is 446 g/mol. The van der Waals surface area contributed by atoms with Gasteiger partial charge in [0.25, 0.3) is 5.56 Å². The predicted molar refractivity (Wildman–Crippen MR) is 129 cm³/mol. The summed E-state index contributed by atoms with van der Waals surface area (Å²) in [4.78, 5) is 32.9. The summed E-state index contributed by atoms with van der Waals surface area (Å²) in [5, 5.41) is 0. The molecular formula is C25H27N5O3. The van der Waals surface area contributed by atoms with Crippen LogP contribution in [0.3, 0.4) is 0 Å². The third-order valence-electron chi connectivity index (χ3n) is 6.02. The van der Waals surface area contributed by atoms with Crippen molar-refractivity contribution in [1.82, 2.24) is 18.7 Å². The van der Waals surface area contributed by atoms with Crippen LogP contribution in [0.25, 0.3) is 11.2 Å². The Hall–Kier alpha value is -3.81. The number of hydrogen-bond acceptors (Lipinski definition) is 5. The number of aryl methyl sites for hydroxylation is 1. The average Bonchev–Trinajstić information content (AvgIpc) is 3.21. The van der Waals surface area contributed by atoms with Gasteiger partial charge in [0, 0.05) is 32.4 Å². The number of para-hydroxylation sites is 1. The van der Waals surface area contributed by atoms with Gasteiger partial charge in [-0.2, -0.15) is 4.98 Å². The highest BCUT2D eigenvalue weighted by Gasteiger charge is 2.29. The fraction of sp³-hybridized carbons (Fsp3) is 0.320. The summed E-state index contributed by atoms with van der Waals surface area (Å²) in [6.07, 6.45) is 0.710. The lowest BCUT2D eigenvalue weighted by atomic mass is 10.1. The van der Waals surface area contributed by atoms with Gasteiger partial charge in [-0.1, -0.05) is 32.0 Å². The molecule has 1 aliphatic rings. The van der Waals surface area contributed by atoms with Crippen molar-refractivity contribution in [3.63, 3.8) is 0 Å². The van der Waals surface area contributed by atoms with Crippen LogP contribution in [0.2, 0.25) is 0 Å². The highest BCUT2D eigenvalue weighted by molar-refractivity contribution is 5.77. The first kappa shape index (κ1) is 21.1. The van der Waals surface area contributed by atoms with E-state index in [1.54, 1.807) is 7.05 Å². The molecule has 0 unspecified atom stereocenters. The third-order valence-corrected chi connectivity index (χ3v) is 6.02. The van der Waals surface area contributed by atoms with E-state index in [9.17, 15) is 9.59 Å². The van der Waals surface area contributed by atoms with Crippen LogP contribution in [-0.4, -0.2) is 25.2 Å². The lowest BCUT2D eigenvalue weighted by molar-refractivity contribution is 0.457. The molecule has 0 bridgehead atoms. The van der Waals surface area contributed by atoms with E-state index in [1.807, 2.05) is 66.1 Å². The number of aromatic nitrogens is 4. The van der Waals surface area contributed by atoms with Crippen molar-refractivity contribution in [1.29, 1.82) is 0 Å². The Bertz CT molecular complexity index is 1420. The van der Waals surface area contributed by atoms with Gasteiger partial charge in [-0.25, -0.2) is 4.79 Å². The Morgan fingerprint density at radius 2 is 1.70 bits per heavy atom. The first-order chi connectivity index (χ1) is 16.0. The summed E-state index contributed by atoms with van der Waals surface area (Å²) in [6, 6.07) is 17.5. The van der Waals surface area contributed by atoms with Gasteiger partial charge in [-0.15, -0.1) is 0 Å². The van der Waals surface area contributed by atoms with E-state index in [0.717, 1.165) is 23.7 Å². The maximum atomic E-state index is 13.2. The molecule has 0 saturated carbocycles. The Labute approximate surface area is 191 Å². The smallest absolute Gasteiger partial charge is 0.332 e. The summed E-state index contributed by atoms with van der Waals surface area (Å²) in [5.74, 6) is 2.50. The summed E-state index contributed by atoms with van der Waals surface area (Å²) in [5.41, 5.74) is 1.27. The largest absolute Gasteiger partial charge is 0.457 e. The topological polar surface area (TPSA) is 74.3 Å². The molecular weight excluding hydrogens is 418 g/mol. The molecule has 1 aliphatic heterocycles. The number of anilines is 2. The quantitative estimate of drug-likeness (QED) is 0.466. The van der Waals surface area contributed by atoms with Crippen molar-refractivity contribution in [2.24, 2.45) is 13.0 Å². The van der Waals surface area contributed by atoms with Crippen LogP contribution < -0.4 is 20.9 Å². The number of ether oxygens (including phenoxy) is 1. The van der Waals surface area contributed by atoms with E-state index < -0.39 is 0 Å². The zero-order chi connectivity index (χ0) is 23.1. The van der Waals surface area contributed by atoms with Crippen LogP contribution in [0.15, 0.2) is 64.2 Å². The van der Waals surface area contributed by atoms with Gasteiger partial charge in [0.15, 0.2) is 11.2 Å². The standard InChI is InChI=1S/C25H27N5O3/c1-4-14-28-23(31)21-22(27(3)25(28)32)26-24-29(15-17(2)16-30(21)24)18-10-12-20(13-11-18)33-19-8-6-5-7-9-19/h5-13,17H,4,14-16H2,1-3H3/t17-/m0/s1. The molecule has 1 atom stereocenters. The molecule has 0 amide bonds. The normalized spacial score (nSPS) is 15.6. The van der Waals surface area contributed by atoms with E-state index in [2.05, 4.69) is 11.8 Å². The zero-order valence-corrected chi connectivity index (χ0v) is 19.1. The van der Waals surface area contributed by atoms with Crippen molar-refractivity contribution in [3.8, 4) is 11.5 Å². The molecule has 2 aromatic carbocycles. The van der Waals surface area contributed by atoms with Crippen molar-refractivity contribution in [2.45, 2.75) is 33.4 Å². The molecule has 4 aromatic rings. The minimum Gasteiger partial charge on any atom is -0.457 e. The van der Waals surface area contributed by atoms with E-state index in [-0.39, 0.29) is 11.2 Å². The molecule has 5 rings (SSSR count). The lowest BCUT2D eigenvalue weighted by Gasteiger charge is -2.33. The maximum Gasteiger partial charge on any atom is 0.332 e. The first-order valence-corrected chi connectivity index (χ1v) is 11.3. The molecule has 170 valence electrons. The highest BCUT2D eigenvalue weighted by Crippen LogP contribution is 2.34. The van der Waals surface area contributed by atoms with E-state index >= 15 is 0 Å². The highest BCUT2D eigenvalue weighted by atomic mass is 16.5. The minimum atomic E-state index is -0.327. The second-order valence-corrected chi connectivity index (χ2v) is 8.62. The summed E-state index contributed by atoms with van der Waals surface area (Å²) in [6.45, 7) is 5.94. The second kappa shape index (κ2) is 8.27. The van der Waals surface area contributed by atoms with Crippen LogP contribution >= 0.6 is 0 Å². The van der Waals surface area contributed by atoms with Crippen molar-refractivity contribution in [3.05, 3.63) is 75.4 Å². The molecule has 33 heavy (non-hydrogen) atoms. The van der Waals surface area contributed by atoms with Crippen molar-refractivity contribution < 1.29 is 4.74 Å². The van der Waals surface area contributed by atoms with Crippen LogP contribution in [-0.2, 0) is 20.1 Å². The third kappa shape index (κ3) is 3.61. The summed E-state index contributed by atoms with van der Waals surface area (Å²) < 4.78 is 10.7. The SMILES string of the molecule is CCCn1c(=O)c2c(nc3n2C[C@@H](C)CN3c2ccc(Oc3ccccc3)cc2)n(C)c1=O. The molecule has 8 nitrogen and oxygen atoms in total. The Balaban J connectivity index is 1.58. The monoisotopic (exact) mass is 445 g/mol. The maximum absolute atomic E-state index is 13.2. The number of imidazole rings is 1. The Kier molecular flexibility index (Phi) is 5.28. The number of nitrogens with zero attached hydrogens (tertiary/aromatic N) is 5. The van der Waals surface area contributed by atoms with Crippen LogP contribution in [0, 0.1) is 5.92 Å². The van der Waals surface area contributed by atoms with Crippen molar-refractivity contribution in [2.75, 3.05) is 11.4 Å². The van der Waals surface area contributed by atoms with Gasteiger partial charge < -0.3 is 14.2 Å². The zero-order valence-electron chi connectivity index (χ0n) is 19.1. The first-order valence-electron chi connectivity index (χ1n) is 11.3. The fourth-order valence-corrected chi connectivity index (χ4v) is 4.46. The van der Waals surface area contributed by atoms with Crippen molar-refractivity contribution >= 4 is 22.8 Å².